The number of halogens is 1. The molecule has 0 radical (unpaired) electrons. The van der Waals surface area contributed by atoms with Crippen LogP contribution in [0.4, 0.5) is 5.69 Å². The van der Waals surface area contributed by atoms with Gasteiger partial charge in [-0.05, 0) is 66.9 Å². The van der Waals surface area contributed by atoms with E-state index in [-0.39, 0.29) is 18.2 Å². The van der Waals surface area contributed by atoms with Gasteiger partial charge in [-0.1, -0.05) is 41.9 Å². The van der Waals surface area contributed by atoms with Crippen LogP contribution < -0.4 is 16.0 Å². The van der Waals surface area contributed by atoms with Gasteiger partial charge in [0, 0.05) is 59.9 Å². The van der Waals surface area contributed by atoms with Gasteiger partial charge in [-0.25, -0.2) is 0 Å². The van der Waals surface area contributed by atoms with Gasteiger partial charge < -0.3 is 20.5 Å². The summed E-state index contributed by atoms with van der Waals surface area (Å²) in [5.41, 5.74) is 7.22. The fourth-order valence-electron chi connectivity index (χ4n) is 4.94. The van der Waals surface area contributed by atoms with Crippen LogP contribution in [-0.2, 0) is 24.3 Å². The first-order valence-corrected chi connectivity index (χ1v) is 13.1. The standard InChI is InChI=1S/C30H30ClN5O2/c1-19-13-14-33-20(2)28(19)21-7-9-23(10-8-21)34-29(37)26(17-22-5-3-4-6-25(22)31)35-30(38)27-12-11-24-18-32-15-16-36(24)27/h3-14,26,32H,15-18H2,1-2H3,(H,34,37)(H,35,38)/t26-/m0/s1. The van der Waals surface area contributed by atoms with Gasteiger partial charge in [0.05, 0.1) is 0 Å². The van der Waals surface area contributed by atoms with E-state index >= 15 is 0 Å². The molecule has 0 spiro atoms. The largest absolute Gasteiger partial charge is 0.339 e. The molecule has 0 saturated carbocycles. The molecule has 8 heteroatoms. The van der Waals surface area contributed by atoms with Crippen molar-refractivity contribution >= 4 is 29.1 Å². The molecule has 5 rings (SSSR count). The summed E-state index contributed by atoms with van der Waals surface area (Å²) in [4.78, 5) is 31.2. The number of anilines is 1. The van der Waals surface area contributed by atoms with Crippen molar-refractivity contribution in [3.63, 3.8) is 0 Å². The van der Waals surface area contributed by atoms with Crippen molar-refractivity contribution in [3.05, 3.63) is 106 Å². The van der Waals surface area contributed by atoms with E-state index in [4.69, 9.17) is 11.6 Å². The molecule has 1 aliphatic heterocycles. The molecule has 194 valence electrons. The summed E-state index contributed by atoms with van der Waals surface area (Å²) in [6.45, 7) is 6.25. The van der Waals surface area contributed by atoms with E-state index in [0.717, 1.165) is 40.2 Å². The summed E-state index contributed by atoms with van der Waals surface area (Å²) < 4.78 is 2.00. The number of hydrogen-bond donors (Lipinski definition) is 3. The van der Waals surface area contributed by atoms with Gasteiger partial charge >= 0.3 is 0 Å². The second kappa shape index (κ2) is 11.2. The molecule has 0 fully saturated rings. The lowest BCUT2D eigenvalue weighted by molar-refractivity contribution is -0.118. The van der Waals surface area contributed by atoms with E-state index in [1.807, 2.05) is 72.2 Å². The predicted molar refractivity (Wildman–Crippen MR) is 150 cm³/mol. The number of fused-ring (bicyclic) bond motifs is 1. The van der Waals surface area contributed by atoms with Gasteiger partial charge in [0.1, 0.15) is 11.7 Å². The topological polar surface area (TPSA) is 88.1 Å². The van der Waals surface area contributed by atoms with Crippen LogP contribution in [0.1, 0.15) is 33.0 Å². The van der Waals surface area contributed by atoms with Crippen molar-refractivity contribution < 1.29 is 9.59 Å². The number of benzene rings is 2. The van der Waals surface area contributed by atoms with Crippen LogP contribution in [0.3, 0.4) is 0 Å². The highest BCUT2D eigenvalue weighted by Crippen LogP contribution is 2.27. The van der Waals surface area contributed by atoms with E-state index in [1.165, 1.54) is 0 Å². The molecule has 2 amide bonds. The second-order valence-electron chi connectivity index (χ2n) is 9.51. The van der Waals surface area contributed by atoms with Crippen LogP contribution in [-0.4, -0.2) is 34.0 Å². The highest BCUT2D eigenvalue weighted by molar-refractivity contribution is 6.31. The minimum Gasteiger partial charge on any atom is -0.339 e. The SMILES string of the molecule is Cc1ccnc(C)c1-c1ccc(NC(=O)[C@H](Cc2ccccc2Cl)NC(=O)c2ccc3n2CCNC3)cc1. The Balaban J connectivity index is 1.36. The van der Waals surface area contributed by atoms with Crippen LogP contribution in [0, 0.1) is 13.8 Å². The number of pyridine rings is 1. The smallest absolute Gasteiger partial charge is 0.268 e. The zero-order chi connectivity index (χ0) is 26.6. The van der Waals surface area contributed by atoms with E-state index in [9.17, 15) is 9.59 Å². The highest BCUT2D eigenvalue weighted by atomic mass is 35.5. The van der Waals surface area contributed by atoms with Gasteiger partial charge in [0.15, 0.2) is 0 Å². The van der Waals surface area contributed by atoms with E-state index in [0.29, 0.717) is 29.5 Å². The molecule has 1 aliphatic rings. The van der Waals surface area contributed by atoms with E-state index in [2.05, 4.69) is 27.9 Å². The molecule has 0 aliphatic carbocycles. The Kier molecular flexibility index (Phi) is 7.58. The van der Waals surface area contributed by atoms with Crippen LogP contribution in [0.2, 0.25) is 5.02 Å². The molecule has 3 N–H and O–H groups in total. The first kappa shape index (κ1) is 25.7. The third kappa shape index (κ3) is 5.49. The van der Waals surface area contributed by atoms with E-state index in [1.54, 1.807) is 12.3 Å². The van der Waals surface area contributed by atoms with Crippen molar-refractivity contribution in [1.29, 1.82) is 0 Å². The maximum Gasteiger partial charge on any atom is 0.268 e. The average molecular weight is 528 g/mol. The number of aryl methyl sites for hydroxylation is 2. The molecule has 0 saturated heterocycles. The zero-order valence-corrected chi connectivity index (χ0v) is 22.2. The third-order valence-electron chi connectivity index (χ3n) is 6.92. The number of amides is 2. The summed E-state index contributed by atoms with van der Waals surface area (Å²) in [7, 11) is 0. The number of nitrogens with one attached hydrogen (secondary N) is 3. The molecular formula is C30H30ClN5O2. The Morgan fingerprint density at radius 2 is 1.84 bits per heavy atom. The molecule has 2 aromatic carbocycles. The normalized spacial score (nSPS) is 13.4. The summed E-state index contributed by atoms with van der Waals surface area (Å²) in [5, 5.41) is 9.79. The monoisotopic (exact) mass is 527 g/mol. The Bertz CT molecular complexity index is 1460. The maximum absolute atomic E-state index is 13.5. The van der Waals surface area contributed by atoms with Gasteiger partial charge in [-0.15, -0.1) is 0 Å². The van der Waals surface area contributed by atoms with Crippen LogP contribution >= 0.6 is 11.6 Å². The van der Waals surface area contributed by atoms with Crippen molar-refractivity contribution in [3.8, 4) is 11.1 Å². The number of rotatable bonds is 7. The fraction of sp³-hybridized carbons (Fsp3) is 0.233. The predicted octanol–water partition coefficient (Wildman–Crippen LogP) is 4.90. The van der Waals surface area contributed by atoms with Crippen LogP contribution in [0.15, 0.2) is 72.9 Å². The molecule has 38 heavy (non-hydrogen) atoms. The van der Waals surface area contributed by atoms with Crippen molar-refractivity contribution in [2.24, 2.45) is 0 Å². The first-order chi connectivity index (χ1) is 18.4. The molecule has 2 aromatic heterocycles. The molecule has 7 nitrogen and oxygen atoms in total. The van der Waals surface area contributed by atoms with Gasteiger partial charge in [0.25, 0.3) is 5.91 Å². The lowest BCUT2D eigenvalue weighted by atomic mass is 9.99. The van der Waals surface area contributed by atoms with Crippen LogP contribution in [0.5, 0.6) is 0 Å². The Hall–Kier alpha value is -3.94. The lowest BCUT2D eigenvalue weighted by Crippen LogP contribution is -2.46. The van der Waals surface area contributed by atoms with Gasteiger partial charge in [0.2, 0.25) is 5.91 Å². The summed E-state index contributed by atoms with van der Waals surface area (Å²) in [5.74, 6) is -0.602. The van der Waals surface area contributed by atoms with Crippen molar-refractivity contribution in [1.82, 2.24) is 20.2 Å². The molecule has 3 heterocycles. The summed E-state index contributed by atoms with van der Waals surface area (Å²) >= 11 is 6.40. The molecule has 0 unspecified atom stereocenters. The van der Waals surface area contributed by atoms with Gasteiger partial charge in [-0.3, -0.25) is 14.6 Å². The molecule has 0 bridgehead atoms. The quantitative estimate of drug-likeness (QED) is 0.319. The number of carbonyl (C=O) groups excluding carboxylic acids is 2. The third-order valence-corrected chi connectivity index (χ3v) is 7.28. The molecule has 4 aromatic rings. The number of nitrogens with zero attached hydrogens (tertiary/aromatic N) is 2. The first-order valence-electron chi connectivity index (χ1n) is 12.7. The minimum absolute atomic E-state index is 0.262. The maximum atomic E-state index is 13.5. The molecule has 1 atom stereocenters. The van der Waals surface area contributed by atoms with Gasteiger partial charge in [-0.2, -0.15) is 0 Å². The Morgan fingerprint density at radius 3 is 2.61 bits per heavy atom. The lowest BCUT2D eigenvalue weighted by Gasteiger charge is -2.22. The highest BCUT2D eigenvalue weighted by Gasteiger charge is 2.25. The summed E-state index contributed by atoms with van der Waals surface area (Å²) in [6.07, 6.45) is 2.06. The molecular weight excluding hydrogens is 498 g/mol. The number of carbonyl (C=O) groups is 2. The van der Waals surface area contributed by atoms with Crippen LogP contribution in [0.25, 0.3) is 11.1 Å². The zero-order valence-electron chi connectivity index (χ0n) is 21.4. The van der Waals surface area contributed by atoms with Crippen molar-refractivity contribution in [2.75, 3.05) is 11.9 Å². The Labute approximate surface area is 227 Å². The number of hydrogen-bond acceptors (Lipinski definition) is 4. The summed E-state index contributed by atoms with van der Waals surface area (Å²) in [6, 6.07) is 19.9. The minimum atomic E-state index is -0.822. The van der Waals surface area contributed by atoms with E-state index < -0.39 is 6.04 Å². The Morgan fingerprint density at radius 1 is 1.05 bits per heavy atom. The van der Waals surface area contributed by atoms with Crippen molar-refractivity contribution in [2.45, 2.75) is 39.4 Å². The fourth-order valence-corrected chi connectivity index (χ4v) is 5.15. The number of aromatic nitrogens is 2. The average Bonchev–Trinajstić information content (AvgIpc) is 3.35. The second-order valence-corrected chi connectivity index (χ2v) is 9.92.